The smallest absolute Gasteiger partial charge is 0.365 e. The molecule has 2 heterocycles. The highest BCUT2D eigenvalue weighted by atomic mass is 32.2. The Morgan fingerprint density at radius 2 is 1.43 bits per heavy atom. The third kappa shape index (κ3) is 3.23. The molecular formula is C21H19N3O4S2. The molecule has 30 heavy (non-hydrogen) atoms. The molecule has 0 aliphatic carbocycles. The molecular weight excluding hydrogens is 422 g/mol. The molecule has 0 saturated heterocycles. The van der Waals surface area contributed by atoms with E-state index in [2.05, 4.69) is 5.10 Å². The lowest BCUT2D eigenvalue weighted by atomic mass is 10.2. The number of carbonyl (C=O) groups is 2. The minimum absolute atomic E-state index is 0.203. The summed E-state index contributed by atoms with van der Waals surface area (Å²) in [6.07, 6.45) is 0. The molecule has 2 aromatic carbocycles. The Morgan fingerprint density at radius 1 is 0.867 bits per heavy atom. The first-order valence-electron chi connectivity index (χ1n) is 9.06. The van der Waals surface area contributed by atoms with Crippen molar-refractivity contribution in [1.82, 2.24) is 0 Å². The standard InChI is InChI=1S/C21H19N3O4S2/c1-14-17(19(25)27-2)29-21(23(14)15-10-6-4-7-11-15)24(16-12-8-5-9-13-16)22-18(30-21)20(26)28-3/h4-13H,1-3H3/t21-/m1/s1. The van der Waals surface area contributed by atoms with Gasteiger partial charge in [0.15, 0.2) is 0 Å². The Morgan fingerprint density at radius 3 is 2.00 bits per heavy atom. The van der Waals surface area contributed by atoms with Gasteiger partial charge in [-0.05, 0) is 43.0 Å². The fourth-order valence-electron chi connectivity index (χ4n) is 3.29. The summed E-state index contributed by atoms with van der Waals surface area (Å²) in [5.41, 5.74) is 2.35. The maximum absolute atomic E-state index is 12.6. The molecule has 0 bridgehead atoms. The molecule has 0 fully saturated rings. The number of rotatable bonds is 4. The zero-order chi connectivity index (χ0) is 21.3. The van der Waals surface area contributed by atoms with Gasteiger partial charge in [0, 0.05) is 11.4 Å². The van der Waals surface area contributed by atoms with Gasteiger partial charge in [0.05, 0.1) is 19.9 Å². The zero-order valence-corrected chi connectivity index (χ0v) is 18.2. The van der Waals surface area contributed by atoms with E-state index in [1.807, 2.05) is 72.5 Å². The zero-order valence-electron chi connectivity index (χ0n) is 16.6. The summed E-state index contributed by atoms with van der Waals surface area (Å²) in [4.78, 5) is 27.4. The highest BCUT2D eigenvalue weighted by molar-refractivity contribution is 8.29. The summed E-state index contributed by atoms with van der Waals surface area (Å²) < 4.78 is 8.99. The summed E-state index contributed by atoms with van der Waals surface area (Å²) in [5, 5.41) is 6.54. The summed E-state index contributed by atoms with van der Waals surface area (Å²) in [5.74, 6) is -0.967. The average Bonchev–Trinajstić information content (AvgIpc) is 3.31. The maximum Gasteiger partial charge on any atom is 0.365 e. The Kier molecular flexibility index (Phi) is 5.48. The number of hydrogen-bond donors (Lipinski definition) is 0. The van der Waals surface area contributed by atoms with Crippen LogP contribution in [0, 0.1) is 0 Å². The summed E-state index contributed by atoms with van der Waals surface area (Å²) >= 11 is 2.53. The topological polar surface area (TPSA) is 71.4 Å². The van der Waals surface area contributed by atoms with Crippen molar-refractivity contribution >= 4 is 51.9 Å². The number of nitrogens with zero attached hydrogens (tertiary/aromatic N) is 3. The van der Waals surface area contributed by atoms with Gasteiger partial charge in [-0.15, -0.1) is 0 Å². The maximum atomic E-state index is 12.6. The molecule has 4 rings (SSSR count). The number of carbonyl (C=O) groups excluding carboxylic acids is 2. The van der Waals surface area contributed by atoms with E-state index in [0.717, 1.165) is 11.4 Å². The Labute approximate surface area is 182 Å². The SMILES string of the molecule is COC(=O)C1=NN(c2ccccc2)[C@@]2(S1)SC(C(=O)OC)=C(C)N2c1ccccc1. The predicted molar refractivity (Wildman–Crippen MR) is 120 cm³/mol. The van der Waals surface area contributed by atoms with Crippen molar-refractivity contribution in [1.29, 1.82) is 0 Å². The second-order valence-electron chi connectivity index (χ2n) is 6.37. The van der Waals surface area contributed by atoms with Gasteiger partial charge in [-0.25, -0.2) is 14.6 Å². The van der Waals surface area contributed by atoms with Gasteiger partial charge in [0.2, 0.25) is 9.37 Å². The first-order chi connectivity index (χ1) is 14.5. The lowest BCUT2D eigenvalue weighted by molar-refractivity contribution is -0.135. The number of anilines is 2. The van der Waals surface area contributed by atoms with E-state index in [1.54, 1.807) is 5.01 Å². The van der Waals surface area contributed by atoms with Gasteiger partial charge in [-0.1, -0.05) is 48.2 Å². The molecule has 154 valence electrons. The Balaban J connectivity index is 1.90. The number of methoxy groups -OCH3 is 2. The predicted octanol–water partition coefficient (Wildman–Crippen LogP) is 4.00. The van der Waals surface area contributed by atoms with Crippen molar-refractivity contribution < 1.29 is 19.1 Å². The fourth-order valence-corrected chi connectivity index (χ4v) is 6.29. The molecule has 1 atom stereocenters. The number of thioether (sulfide) groups is 2. The summed E-state index contributed by atoms with van der Waals surface area (Å²) in [7, 11) is 2.68. The van der Waals surface area contributed by atoms with Crippen molar-refractivity contribution in [3.8, 4) is 0 Å². The minimum atomic E-state index is -0.972. The average molecular weight is 442 g/mol. The summed E-state index contributed by atoms with van der Waals surface area (Å²) in [6.45, 7) is 1.86. The highest BCUT2D eigenvalue weighted by Gasteiger charge is 2.58. The van der Waals surface area contributed by atoms with Gasteiger partial charge in [-0.3, -0.25) is 0 Å². The number of benzene rings is 2. The van der Waals surface area contributed by atoms with Gasteiger partial charge in [0.25, 0.3) is 0 Å². The van der Waals surface area contributed by atoms with Crippen molar-refractivity contribution in [2.45, 2.75) is 11.3 Å². The van der Waals surface area contributed by atoms with E-state index < -0.39 is 16.3 Å². The first kappa shape index (κ1) is 20.4. The molecule has 1 spiro atoms. The van der Waals surface area contributed by atoms with Crippen LogP contribution in [0.5, 0.6) is 0 Å². The van der Waals surface area contributed by atoms with Crippen molar-refractivity contribution in [3.63, 3.8) is 0 Å². The number of allylic oxidation sites excluding steroid dienone is 1. The summed E-state index contributed by atoms with van der Waals surface area (Å²) in [6, 6.07) is 19.2. The third-order valence-corrected chi connectivity index (χ3v) is 7.47. The molecule has 9 heteroatoms. The van der Waals surface area contributed by atoms with Crippen LogP contribution in [-0.4, -0.2) is 35.5 Å². The van der Waals surface area contributed by atoms with Crippen LogP contribution in [0.25, 0.3) is 0 Å². The van der Waals surface area contributed by atoms with Gasteiger partial charge in [0.1, 0.15) is 4.91 Å². The number of hydrazone groups is 1. The Bertz CT molecular complexity index is 1040. The second-order valence-corrected chi connectivity index (χ2v) is 8.97. The monoisotopic (exact) mass is 441 g/mol. The number of esters is 2. The molecule has 2 aliphatic rings. The largest absolute Gasteiger partial charge is 0.465 e. The van der Waals surface area contributed by atoms with E-state index in [-0.39, 0.29) is 5.04 Å². The van der Waals surface area contributed by atoms with Gasteiger partial charge >= 0.3 is 11.9 Å². The van der Waals surface area contributed by atoms with Crippen LogP contribution in [0.3, 0.4) is 0 Å². The van der Waals surface area contributed by atoms with Crippen LogP contribution in [0.15, 0.2) is 76.4 Å². The van der Waals surface area contributed by atoms with Crippen LogP contribution in [0.4, 0.5) is 11.4 Å². The van der Waals surface area contributed by atoms with Gasteiger partial charge in [-0.2, -0.15) is 5.10 Å². The number of para-hydroxylation sites is 2. The molecule has 0 unspecified atom stereocenters. The lowest BCUT2D eigenvalue weighted by Gasteiger charge is -2.41. The molecule has 0 saturated carbocycles. The van der Waals surface area contributed by atoms with Crippen molar-refractivity contribution in [2.75, 3.05) is 24.1 Å². The third-order valence-electron chi connectivity index (χ3n) is 4.62. The molecule has 0 amide bonds. The van der Waals surface area contributed by atoms with E-state index in [1.165, 1.54) is 37.7 Å². The lowest BCUT2D eigenvalue weighted by Crippen LogP contribution is -2.49. The van der Waals surface area contributed by atoms with E-state index in [4.69, 9.17) is 9.47 Å². The molecule has 7 nitrogen and oxygen atoms in total. The molecule has 0 radical (unpaired) electrons. The first-order valence-corrected chi connectivity index (χ1v) is 10.7. The van der Waals surface area contributed by atoms with Crippen LogP contribution >= 0.6 is 23.5 Å². The Hall–Kier alpha value is -2.91. The molecule has 0 aromatic heterocycles. The van der Waals surface area contributed by atoms with E-state index in [0.29, 0.717) is 10.6 Å². The van der Waals surface area contributed by atoms with Gasteiger partial charge < -0.3 is 14.4 Å². The molecule has 2 aliphatic heterocycles. The fraction of sp³-hybridized carbons (Fsp3) is 0.190. The van der Waals surface area contributed by atoms with Crippen LogP contribution < -0.4 is 9.91 Å². The quantitative estimate of drug-likeness (QED) is 0.660. The van der Waals surface area contributed by atoms with E-state index >= 15 is 0 Å². The van der Waals surface area contributed by atoms with E-state index in [9.17, 15) is 9.59 Å². The van der Waals surface area contributed by atoms with Crippen molar-refractivity contribution in [2.24, 2.45) is 5.10 Å². The van der Waals surface area contributed by atoms with Crippen LogP contribution in [-0.2, 0) is 19.1 Å². The molecule has 2 aromatic rings. The van der Waals surface area contributed by atoms with Crippen LogP contribution in [0.1, 0.15) is 6.92 Å². The minimum Gasteiger partial charge on any atom is -0.465 e. The van der Waals surface area contributed by atoms with Crippen LogP contribution in [0.2, 0.25) is 0 Å². The highest BCUT2D eigenvalue weighted by Crippen LogP contribution is 2.60. The molecule has 0 N–H and O–H groups in total. The number of hydrogen-bond acceptors (Lipinski definition) is 9. The second kappa shape index (κ2) is 8.08. The number of ether oxygens (including phenoxy) is 2. The van der Waals surface area contributed by atoms with Crippen molar-refractivity contribution in [3.05, 3.63) is 71.3 Å². The normalized spacial score (nSPS) is 20.6.